The van der Waals surface area contributed by atoms with Gasteiger partial charge in [-0.15, -0.1) is 0 Å². The Morgan fingerprint density at radius 2 is 2.05 bits per heavy atom. The van der Waals surface area contributed by atoms with Gasteiger partial charge in [0.2, 0.25) is 5.91 Å². The van der Waals surface area contributed by atoms with E-state index in [1.165, 1.54) is 0 Å². The van der Waals surface area contributed by atoms with Crippen LogP contribution in [0.3, 0.4) is 0 Å². The summed E-state index contributed by atoms with van der Waals surface area (Å²) in [4.78, 5) is 14.1. The molecule has 2 unspecified atom stereocenters. The lowest BCUT2D eigenvalue weighted by Crippen LogP contribution is -2.52. The second-order valence-corrected chi connectivity index (χ2v) is 5.34. The van der Waals surface area contributed by atoms with E-state index in [1.807, 2.05) is 0 Å². The fraction of sp³-hybridized carbons (Fsp3) is 0.533. The van der Waals surface area contributed by atoms with Crippen molar-refractivity contribution in [1.29, 1.82) is 0 Å². The molecule has 1 heterocycles. The molecule has 1 saturated heterocycles. The lowest BCUT2D eigenvalue weighted by molar-refractivity contribution is -0.137. The van der Waals surface area contributed by atoms with E-state index in [2.05, 4.69) is 0 Å². The number of amides is 1. The third kappa shape index (κ3) is 3.49. The highest BCUT2D eigenvalue weighted by Crippen LogP contribution is 2.18. The Balaban J connectivity index is 1.98. The van der Waals surface area contributed by atoms with Crippen LogP contribution in [0.1, 0.15) is 24.8 Å². The van der Waals surface area contributed by atoms with E-state index in [-0.39, 0.29) is 24.3 Å². The van der Waals surface area contributed by atoms with Gasteiger partial charge in [0.15, 0.2) is 0 Å². The van der Waals surface area contributed by atoms with Crippen molar-refractivity contribution in [3.8, 4) is 5.75 Å². The first kappa shape index (κ1) is 14.8. The minimum Gasteiger partial charge on any atom is -0.508 e. The highest BCUT2D eigenvalue weighted by Gasteiger charge is 2.29. The fourth-order valence-electron chi connectivity index (χ4n) is 2.67. The average Bonchev–Trinajstić information content (AvgIpc) is 2.48. The minimum absolute atomic E-state index is 0.00231. The Hall–Kier alpha value is -1.59. The van der Waals surface area contributed by atoms with E-state index in [0.717, 1.165) is 24.8 Å². The van der Waals surface area contributed by atoms with Gasteiger partial charge in [0.25, 0.3) is 0 Å². The number of nitrogens with two attached hydrogens (primary N) is 1. The Morgan fingerprint density at radius 3 is 2.70 bits per heavy atom. The van der Waals surface area contributed by atoms with Crippen LogP contribution in [-0.2, 0) is 11.2 Å². The monoisotopic (exact) mass is 278 g/mol. The summed E-state index contributed by atoms with van der Waals surface area (Å²) in [5, 5.41) is 18.6. The Bertz CT molecular complexity index is 447. The normalized spacial score (nSPS) is 20.7. The summed E-state index contributed by atoms with van der Waals surface area (Å²) in [5.41, 5.74) is 6.92. The van der Waals surface area contributed by atoms with Crippen LogP contribution in [0.25, 0.3) is 0 Å². The third-order valence-corrected chi connectivity index (χ3v) is 3.83. The van der Waals surface area contributed by atoms with E-state index in [9.17, 15) is 15.0 Å². The number of carbonyl (C=O) groups is 1. The zero-order valence-electron chi connectivity index (χ0n) is 11.5. The maximum Gasteiger partial charge on any atom is 0.240 e. The topological polar surface area (TPSA) is 86.8 Å². The first-order valence-electron chi connectivity index (χ1n) is 7.06. The number of nitrogens with zero attached hydrogens (tertiary/aromatic N) is 1. The first-order valence-corrected chi connectivity index (χ1v) is 7.06. The molecule has 0 saturated carbocycles. The number of likely N-dealkylation sites (tertiary alicyclic amines) is 1. The van der Waals surface area contributed by atoms with Gasteiger partial charge in [-0.25, -0.2) is 0 Å². The summed E-state index contributed by atoms with van der Waals surface area (Å²) in [6, 6.07) is 6.01. The van der Waals surface area contributed by atoms with Crippen molar-refractivity contribution < 1.29 is 15.0 Å². The van der Waals surface area contributed by atoms with E-state index in [4.69, 9.17) is 5.73 Å². The molecule has 110 valence electrons. The number of piperidine rings is 1. The predicted molar refractivity (Wildman–Crippen MR) is 76.2 cm³/mol. The van der Waals surface area contributed by atoms with E-state index in [0.29, 0.717) is 13.0 Å². The van der Waals surface area contributed by atoms with Gasteiger partial charge in [-0.1, -0.05) is 12.1 Å². The van der Waals surface area contributed by atoms with Gasteiger partial charge in [0.05, 0.1) is 18.7 Å². The molecular formula is C15H22N2O3. The lowest BCUT2D eigenvalue weighted by atomic mass is 9.99. The first-order chi connectivity index (χ1) is 9.61. The van der Waals surface area contributed by atoms with Crippen LogP contribution in [0.2, 0.25) is 0 Å². The Labute approximate surface area is 119 Å². The molecule has 0 bridgehead atoms. The van der Waals surface area contributed by atoms with Crippen molar-refractivity contribution in [1.82, 2.24) is 4.90 Å². The van der Waals surface area contributed by atoms with Crippen molar-refractivity contribution in [2.45, 2.75) is 37.8 Å². The molecule has 5 nitrogen and oxygen atoms in total. The van der Waals surface area contributed by atoms with Crippen LogP contribution in [0.15, 0.2) is 24.3 Å². The van der Waals surface area contributed by atoms with Crippen LogP contribution in [-0.4, -0.2) is 46.3 Å². The molecule has 1 amide bonds. The molecule has 1 aliphatic heterocycles. The number of rotatable bonds is 4. The van der Waals surface area contributed by atoms with E-state index >= 15 is 0 Å². The van der Waals surface area contributed by atoms with Gasteiger partial charge >= 0.3 is 0 Å². The number of phenolic OH excluding ortho intramolecular Hbond substituents is 1. The summed E-state index contributed by atoms with van der Waals surface area (Å²) < 4.78 is 0. The fourth-order valence-corrected chi connectivity index (χ4v) is 2.67. The number of hydrogen-bond acceptors (Lipinski definition) is 4. The third-order valence-electron chi connectivity index (χ3n) is 3.83. The Kier molecular flexibility index (Phi) is 4.98. The number of carbonyl (C=O) groups excluding carboxylic acids is 1. The van der Waals surface area contributed by atoms with Gasteiger partial charge in [-0.05, 0) is 43.4 Å². The molecule has 1 aliphatic rings. The average molecular weight is 278 g/mol. The van der Waals surface area contributed by atoms with Crippen molar-refractivity contribution in [2.75, 3.05) is 13.2 Å². The highest BCUT2D eigenvalue weighted by atomic mass is 16.3. The van der Waals surface area contributed by atoms with Crippen molar-refractivity contribution in [2.24, 2.45) is 5.73 Å². The molecule has 5 heteroatoms. The summed E-state index contributed by atoms with van der Waals surface area (Å²) in [7, 11) is 0. The SMILES string of the molecule is NC(Cc1ccc(O)cc1)C(=O)N1CCCCC1CO. The summed E-state index contributed by atoms with van der Waals surface area (Å²) in [6.07, 6.45) is 3.29. The van der Waals surface area contributed by atoms with E-state index in [1.54, 1.807) is 29.2 Å². The maximum absolute atomic E-state index is 12.4. The molecule has 1 fully saturated rings. The van der Waals surface area contributed by atoms with Gasteiger partial charge in [0.1, 0.15) is 5.75 Å². The number of aliphatic hydroxyl groups excluding tert-OH is 1. The molecule has 0 aromatic heterocycles. The van der Waals surface area contributed by atoms with Crippen LogP contribution >= 0.6 is 0 Å². The zero-order chi connectivity index (χ0) is 14.5. The van der Waals surface area contributed by atoms with Crippen molar-refractivity contribution >= 4 is 5.91 Å². The molecule has 2 atom stereocenters. The van der Waals surface area contributed by atoms with Crippen LogP contribution in [0, 0.1) is 0 Å². The standard InChI is InChI=1S/C15H22N2O3/c16-14(9-11-4-6-13(19)7-5-11)15(20)17-8-2-1-3-12(17)10-18/h4-7,12,14,18-19H,1-3,8-10,16H2. The van der Waals surface area contributed by atoms with Crippen molar-refractivity contribution in [3.05, 3.63) is 29.8 Å². The molecule has 1 aromatic rings. The lowest BCUT2D eigenvalue weighted by Gasteiger charge is -2.36. The molecule has 4 N–H and O–H groups in total. The van der Waals surface area contributed by atoms with Gasteiger partial charge in [0, 0.05) is 6.54 Å². The van der Waals surface area contributed by atoms with Crippen LogP contribution in [0.5, 0.6) is 5.75 Å². The molecule has 2 rings (SSSR count). The molecule has 1 aromatic carbocycles. The maximum atomic E-state index is 12.4. The summed E-state index contributed by atoms with van der Waals surface area (Å²) in [6.45, 7) is 0.672. The quantitative estimate of drug-likeness (QED) is 0.754. The number of aromatic hydroxyl groups is 1. The van der Waals surface area contributed by atoms with Gasteiger partial charge in [-0.2, -0.15) is 0 Å². The van der Waals surface area contributed by atoms with Crippen LogP contribution < -0.4 is 5.73 Å². The molecule has 0 spiro atoms. The molecule has 0 radical (unpaired) electrons. The number of benzene rings is 1. The smallest absolute Gasteiger partial charge is 0.240 e. The number of hydrogen-bond donors (Lipinski definition) is 3. The number of aliphatic hydroxyl groups is 1. The van der Waals surface area contributed by atoms with Crippen molar-refractivity contribution in [3.63, 3.8) is 0 Å². The molecular weight excluding hydrogens is 256 g/mol. The second-order valence-electron chi connectivity index (χ2n) is 5.34. The summed E-state index contributed by atoms with van der Waals surface area (Å²) in [5.74, 6) is 0.0989. The summed E-state index contributed by atoms with van der Waals surface area (Å²) >= 11 is 0. The molecule has 0 aliphatic carbocycles. The predicted octanol–water partition coefficient (Wildman–Crippen LogP) is 0.635. The molecule has 20 heavy (non-hydrogen) atoms. The Morgan fingerprint density at radius 1 is 1.35 bits per heavy atom. The van der Waals surface area contributed by atoms with Gasteiger partial charge in [-0.3, -0.25) is 4.79 Å². The van der Waals surface area contributed by atoms with Crippen LogP contribution in [0.4, 0.5) is 0 Å². The number of phenols is 1. The van der Waals surface area contributed by atoms with Gasteiger partial charge < -0.3 is 20.8 Å². The minimum atomic E-state index is -0.605. The zero-order valence-corrected chi connectivity index (χ0v) is 11.5. The second kappa shape index (κ2) is 6.72. The highest BCUT2D eigenvalue weighted by molar-refractivity contribution is 5.82. The van der Waals surface area contributed by atoms with E-state index < -0.39 is 6.04 Å². The largest absolute Gasteiger partial charge is 0.508 e.